The summed E-state index contributed by atoms with van der Waals surface area (Å²) in [5, 5.41) is 4.26. The number of hydrogen-bond donors (Lipinski definition) is 1. The lowest BCUT2D eigenvalue weighted by Gasteiger charge is -2.23. The van der Waals surface area contributed by atoms with E-state index in [2.05, 4.69) is 12.2 Å². The molecule has 0 aromatic heterocycles. The van der Waals surface area contributed by atoms with E-state index in [1.165, 1.54) is 0 Å². The van der Waals surface area contributed by atoms with Crippen LogP contribution in [-0.2, 0) is 21.3 Å². The largest absolute Gasteiger partial charge is 0.381 e. The Kier molecular flexibility index (Phi) is 7.17. The van der Waals surface area contributed by atoms with E-state index in [1.54, 1.807) is 0 Å². The fourth-order valence-corrected chi connectivity index (χ4v) is 4.19. The van der Waals surface area contributed by atoms with E-state index >= 15 is 0 Å². The van der Waals surface area contributed by atoms with Gasteiger partial charge in [0.25, 0.3) is 0 Å². The van der Waals surface area contributed by atoms with Crippen molar-refractivity contribution in [1.29, 1.82) is 0 Å². The van der Waals surface area contributed by atoms with Gasteiger partial charge in [-0.1, -0.05) is 30.7 Å². The van der Waals surface area contributed by atoms with Crippen molar-refractivity contribution in [3.05, 3.63) is 34.9 Å². The molecule has 1 aromatic rings. The third kappa shape index (κ3) is 5.70. The van der Waals surface area contributed by atoms with Crippen molar-refractivity contribution in [2.24, 2.45) is 5.92 Å². The fourth-order valence-electron chi connectivity index (χ4n) is 2.59. The van der Waals surface area contributed by atoms with Crippen LogP contribution in [0, 0.1) is 5.92 Å². The van der Waals surface area contributed by atoms with Crippen molar-refractivity contribution in [1.82, 2.24) is 5.32 Å². The smallest absolute Gasteiger partial charge is 0.0510 e. The van der Waals surface area contributed by atoms with E-state index in [0.717, 1.165) is 43.2 Å². The van der Waals surface area contributed by atoms with E-state index in [1.807, 2.05) is 24.3 Å². The SMILES string of the molecule is CCCNC(CS(=O)Cc1ccc(Cl)cc1)C1CCOC1. The zero-order valence-corrected chi connectivity index (χ0v) is 14.1. The molecule has 5 heteroatoms. The molecular weight excluding hydrogens is 306 g/mol. The fraction of sp³-hybridized carbons (Fsp3) is 0.625. The summed E-state index contributed by atoms with van der Waals surface area (Å²) in [5.41, 5.74) is 1.08. The van der Waals surface area contributed by atoms with Crippen molar-refractivity contribution >= 4 is 22.4 Å². The van der Waals surface area contributed by atoms with Crippen molar-refractivity contribution in [2.45, 2.75) is 31.6 Å². The average Bonchev–Trinajstić information content (AvgIpc) is 3.00. The molecule has 0 aliphatic carbocycles. The summed E-state index contributed by atoms with van der Waals surface area (Å²) in [6.07, 6.45) is 2.16. The zero-order chi connectivity index (χ0) is 15.1. The van der Waals surface area contributed by atoms with Crippen LogP contribution in [0.15, 0.2) is 24.3 Å². The van der Waals surface area contributed by atoms with Crippen LogP contribution in [0.3, 0.4) is 0 Å². The topological polar surface area (TPSA) is 38.3 Å². The lowest BCUT2D eigenvalue weighted by molar-refractivity contribution is 0.179. The van der Waals surface area contributed by atoms with Crippen molar-refractivity contribution < 1.29 is 8.95 Å². The molecular formula is C16H24ClNO2S. The minimum absolute atomic E-state index is 0.292. The molecule has 0 radical (unpaired) electrons. The minimum Gasteiger partial charge on any atom is -0.381 e. The number of benzene rings is 1. The van der Waals surface area contributed by atoms with Crippen LogP contribution in [-0.4, -0.2) is 35.8 Å². The third-order valence-electron chi connectivity index (χ3n) is 3.80. The Morgan fingerprint density at radius 1 is 1.43 bits per heavy atom. The van der Waals surface area contributed by atoms with Crippen LogP contribution in [0.1, 0.15) is 25.3 Å². The molecule has 1 fully saturated rings. The van der Waals surface area contributed by atoms with Gasteiger partial charge in [0.2, 0.25) is 0 Å². The normalized spacial score (nSPS) is 21.3. The van der Waals surface area contributed by atoms with E-state index in [-0.39, 0.29) is 0 Å². The summed E-state index contributed by atoms with van der Waals surface area (Å²) < 4.78 is 17.9. The Bertz CT molecular complexity index is 446. The van der Waals surface area contributed by atoms with E-state index in [0.29, 0.717) is 23.5 Å². The highest BCUT2D eigenvalue weighted by molar-refractivity contribution is 7.84. The molecule has 1 saturated heterocycles. The molecule has 2 rings (SSSR count). The Hall–Kier alpha value is -0.420. The van der Waals surface area contributed by atoms with Gasteiger partial charge < -0.3 is 10.1 Å². The summed E-state index contributed by atoms with van der Waals surface area (Å²) in [7, 11) is -0.868. The number of rotatable bonds is 8. The predicted octanol–water partition coefficient (Wildman–Crippen LogP) is 2.99. The summed E-state index contributed by atoms with van der Waals surface area (Å²) in [6.45, 7) is 4.75. The number of halogens is 1. The average molecular weight is 330 g/mol. The van der Waals surface area contributed by atoms with E-state index in [4.69, 9.17) is 16.3 Å². The highest BCUT2D eigenvalue weighted by Crippen LogP contribution is 2.19. The molecule has 0 saturated carbocycles. The van der Waals surface area contributed by atoms with Gasteiger partial charge in [-0.15, -0.1) is 0 Å². The number of ether oxygens (including phenoxy) is 1. The van der Waals surface area contributed by atoms with Crippen LogP contribution < -0.4 is 5.32 Å². The van der Waals surface area contributed by atoms with Crippen LogP contribution in [0.25, 0.3) is 0 Å². The molecule has 0 bridgehead atoms. The minimum atomic E-state index is -0.868. The molecule has 1 N–H and O–H groups in total. The quantitative estimate of drug-likeness (QED) is 0.796. The number of nitrogens with one attached hydrogen (secondary N) is 1. The highest BCUT2D eigenvalue weighted by atomic mass is 35.5. The van der Waals surface area contributed by atoms with Gasteiger partial charge >= 0.3 is 0 Å². The van der Waals surface area contributed by atoms with Crippen molar-refractivity contribution in [3.8, 4) is 0 Å². The van der Waals surface area contributed by atoms with Crippen molar-refractivity contribution in [3.63, 3.8) is 0 Å². The number of hydrogen-bond acceptors (Lipinski definition) is 3. The standard InChI is InChI=1S/C16H24ClNO2S/c1-2-8-18-16(14-7-9-20-10-14)12-21(19)11-13-3-5-15(17)6-4-13/h3-6,14,16,18H,2,7-12H2,1H3. The summed E-state index contributed by atoms with van der Waals surface area (Å²) in [4.78, 5) is 0. The third-order valence-corrected chi connectivity index (χ3v) is 5.44. The Morgan fingerprint density at radius 2 is 2.19 bits per heavy atom. The van der Waals surface area contributed by atoms with Gasteiger partial charge in [0.15, 0.2) is 0 Å². The zero-order valence-electron chi connectivity index (χ0n) is 12.5. The first-order chi connectivity index (χ1) is 10.2. The van der Waals surface area contributed by atoms with Gasteiger partial charge in [0.1, 0.15) is 0 Å². The van der Waals surface area contributed by atoms with E-state index in [9.17, 15) is 4.21 Å². The van der Waals surface area contributed by atoms with Gasteiger partial charge in [-0.25, -0.2) is 0 Å². The molecule has 3 atom stereocenters. The van der Waals surface area contributed by atoms with Crippen LogP contribution in [0.5, 0.6) is 0 Å². The highest BCUT2D eigenvalue weighted by Gasteiger charge is 2.26. The summed E-state index contributed by atoms with van der Waals surface area (Å²) >= 11 is 5.88. The molecule has 3 unspecified atom stereocenters. The maximum absolute atomic E-state index is 12.4. The van der Waals surface area contributed by atoms with Crippen molar-refractivity contribution in [2.75, 3.05) is 25.5 Å². The summed E-state index contributed by atoms with van der Waals surface area (Å²) in [6, 6.07) is 7.90. The monoisotopic (exact) mass is 329 g/mol. The second kappa shape index (κ2) is 8.89. The van der Waals surface area contributed by atoms with Gasteiger partial charge in [-0.2, -0.15) is 0 Å². The second-order valence-electron chi connectivity index (χ2n) is 5.56. The molecule has 1 aliphatic rings. The molecule has 21 heavy (non-hydrogen) atoms. The predicted molar refractivity (Wildman–Crippen MR) is 89.2 cm³/mol. The van der Waals surface area contributed by atoms with Gasteiger partial charge in [-0.3, -0.25) is 4.21 Å². The Morgan fingerprint density at radius 3 is 2.81 bits per heavy atom. The lowest BCUT2D eigenvalue weighted by Crippen LogP contribution is -2.41. The van der Waals surface area contributed by atoms with Crippen LogP contribution in [0.4, 0.5) is 0 Å². The van der Waals surface area contributed by atoms with Gasteiger partial charge in [0, 0.05) is 45.9 Å². The molecule has 0 amide bonds. The first kappa shape index (κ1) is 16.9. The van der Waals surface area contributed by atoms with E-state index < -0.39 is 10.8 Å². The Labute approximate surface area is 134 Å². The van der Waals surface area contributed by atoms with Crippen LogP contribution >= 0.6 is 11.6 Å². The molecule has 1 aliphatic heterocycles. The maximum Gasteiger partial charge on any atom is 0.0510 e. The second-order valence-corrected chi connectivity index (χ2v) is 7.50. The molecule has 3 nitrogen and oxygen atoms in total. The molecule has 118 valence electrons. The van der Waals surface area contributed by atoms with Crippen LogP contribution in [0.2, 0.25) is 5.02 Å². The Balaban J connectivity index is 1.88. The molecule has 1 aromatic carbocycles. The van der Waals surface area contributed by atoms with Gasteiger partial charge in [-0.05, 0) is 37.1 Å². The lowest BCUT2D eigenvalue weighted by atomic mass is 10.0. The molecule has 1 heterocycles. The van der Waals surface area contributed by atoms with Gasteiger partial charge in [0.05, 0.1) is 6.61 Å². The summed E-state index contributed by atoms with van der Waals surface area (Å²) in [5.74, 6) is 1.77. The first-order valence-corrected chi connectivity index (χ1v) is 9.46. The first-order valence-electron chi connectivity index (χ1n) is 7.59. The maximum atomic E-state index is 12.4. The molecule has 0 spiro atoms.